The number of para-hydroxylation sites is 3. The first-order valence-corrected chi connectivity index (χ1v) is 8.25. The Bertz CT molecular complexity index is 787. The van der Waals surface area contributed by atoms with Crippen LogP contribution >= 0.6 is 0 Å². The van der Waals surface area contributed by atoms with Crippen LogP contribution in [0.25, 0.3) is 0 Å². The highest BCUT2D eigenvalue weighted by Crippen LogP contribution is 2.30. The normalized spacial score (nSPS) is 19.2. The average Bonchev–Trinajstić information content (AvgIpc) is 2.64. The predicted octanol–water partition coefficient (Wildman–Crippen LogP) is 4.04. The summed E-state index contributed by atoms with van der Waals surface area (Å²) in [6.07, 6.45) is 4.53. The molecule has 2 atom stereocenters. The summed E-state index contributed by atoms with van der Waals surface area (Å²) in [5, 5.41) is 15.5. The lowest BCUT2D eigenvalue weighted by molar-refractivity contribution is -0.146. The number of nitrogens with one attached hydrogen (secondary N) is 2. The number of carbonyl (C=O) groups is 2. The van der Waals surface area contributed by atoms with Gasteiger partial charge in [0.25, 0.3) is 0 Å². The van der Waals surface area contributed by atoms with Crippen LogP contribution in [0.5, 0.6) is 0 Å². The standard InChI is InChI=1S/C20H20N2O3/c23-19(15-10-4-5-11-16(15)20(24)25)22-18-13-7-6-12-17(18)21-14-8-2-1-3-9-14/h1-9,12-13,15-16,21H,10-11H2,(H,22,23)(H,24,25). The van der Waals surface area contributed by atoms with Gasteiger partial charge in [-0.1, -0.05) is 42.5 Å². The van der Waals surface area contributed by atoms with Gasteiger partial charge in [0.2, 0.25) is 5.91 Å². The monoisotopic (exact) mass is 336 g/mol. The van der Waals surface area contributed by atoms with Gasteiger partial charge < -0.3 is 15.7 Å². The average molecular weight is 336 g/mol. The van der Waals surface area contributed by atoms with Crippen molar-refractivity contribution in [2.24, 2.45) is 11.8 Å². The second-order valence-corrected chi connectivity index (χ2v) is 6.02. The Labute approximate surface area is 146 Å². The van der Waals surface area contributed by atoms with E-state index in [0.29, 0.717) is 18.5 Å². The maximum atomic E-state index is 12.7. The Morgan fingerprint density at radius 3 is 2.12 bits per heavy atom. The summed E-state index contributed by atoms with van der Waals surface area (Å²) in [5.41, 5.74) is 2.31. The molecule has 25 heavy (non-hydrogen) atoms. The number of hydrogen-bond donors (Lipinski definition) is 3. The van der Waals surface area contributed by atoms with Crippen LogP contribution in [0.1, 0.15) is 12.8 Å². The number of carboxylic acid groups (broad SMARTS) is 1. The molecule has 1 aliphatic carbocycles. The van der Waals surface area contributed by atoms with Crippen molar-refractivity contribution in [2.45, 2.75) is 12.8 Å². The van der Waals surface area contributed by atoms with E-state index in [-0.39, 0.29) is 5.91 Å². The van der Waals surface area contributed by atoms with Crippen molar-refractivity contribution in [3.63, 3.8) is 0 Å². The Kier molecular flexibility index (Phi) is 5.14. The summed E-state index contributed by atoms with van der Waals surface area (Å²) in [7, 11) is 0. The Morgan fingerprint density at radius 2 is 1.44 bits per heavy atom. The molecule has 2 aromatic carbocycles. The van der Waals surface area contributed by atoms with Gasteiger partial charge in [-0.05, 0) is 37.1 Å². The van der Waals surface area contributed by atoms with Gasteiger partial charge in [0.05, 0.1) is 23.2 Å². The van der Waals surface area contributed by atoms with E-state index in [0.717, 1.165) is 11.4 Å². The number of anilines is 3. The molecule has 0 bridgehead atoms. The van der Waals surface area contributed by atoms with Gasteiger partial charge in [-0.2, -0.15) is 0 Å². The lowest BCUT2D eigenvalue weighted by atomic mass is 9.82. The van der Waals surface area contributed by atoms with Crippen molar-refractivity contribution in [3.8, 4) is 0 Å². The van der Waals surface area contributed by atoms with E-state index in [1.165, 1.54) is 0 Å². The summed E-state index contributed by atoms with van der Waals surface area (Å²) in [6, 6.07) is 17.0. The van der Waals surface area contributed by atoms with E-state index in [1.54, 1.807) is 6.07 Å². The zero-order valence-corrected chi connectivity index (χ0v) is 13.7. The molecule has 5 heteroatoms. The van der Waals surface area contributed by atoms with Crippen molar-refractivity contribution >= 4 is 28.9 Å². The van der Waals surface area contributed by atoms with Crippen LogP contribution in [0.2, 0.25) is 0 Å². The number of benzene rings is 2. The van der Waals surface area contributed by atoms with Gasteiger partial charge in [-0.15, -0.1) is 0 Å². The second kappa shape index (κ2) is 7.66. The maximum Gasteiger partial charge on any atom is 0.307 e. The highest BCUT2D eigenvalue weighted by Gasteiger charge is 2.34. The van der Waals surface area contributed by atoms with Gasteiger partial charge in [-0.25, -0.2) is 0 Å². The SMILES string of the molecule is O=C(O)C1CC=CCC1C(=O)Nc1ccccc1Nc1ccccc1. The molecule has 0 saturated heterocycles. The van der Waals surface area contributed by atoms with Gasteiger partial charge in [0.1, 0.15) is 0 Å². The molecular weight excluding hydrogens is 316 g/mol. The Morgan fingerprint density at radius 1 is 0.840 bits per heavy atom. The van der Waals surface area contributed by atoms with E-state index in [9.17, 15) is 14.7 Å². The number of allylic oxidation sites excluding steroid dienone is 2. The minimum Gasteiger partial charge on any atom is -0.481 e. The van der Waals surface area contributed by atoms with Crippen LogP contribution in [0.4, 0.5) is 17.1 Å². The molecule has 2 unspecified atom stereocenters. The molecule has 5 nitrogen and oxygen atoms in total. The number of hydrogen-bond acceptors (Lipinski definition) is 3. The summed E-state index contributed by atoms with van der Waals surface area (Å²) in [5.74, 6) is -2.44. The van der Waals surface area contributed by atoms with Crippen molar-refractivity contribution in [1.29, 1.82) is 0 Å². The molecule has 2 aromatic rings. The minimum absolute atomic E-state index is 0.265. The Balaban J connectivity index is 1.77. The molecule has 0 radical (unpaired) electrons. The first-order chi connectivity index (χ1) is 12.1. The van der Waals surface area contributed by atoms with Crippen LogP contribution < -0.4 is 10.6 Å². The largest absolute Gasteiger partial charge is 0.481 e. The third kappa shape index (κ3) is 4.07. The molecule has 128 valence electrons. The molecular formula is C20H20N2O3. The quantitative estimate of drug-likeness (QED) is 0.720. The number of amides is 1. The number of aliphatic carboxylic acids is 1. The summed E-state index contributed by atoms with van der Waals surface area (Å²) in [4.78, 5) is 24.1. The number of carbonyl (C=O) groups excluding carboxylic acids is 1. The van der Waals surface area contributed by atoms with Crippen LogP contribution in [0.15, 0.2) is 66.7 Å². The first kappa shape index (κ1) is 16.8. The van der Waals surface area contributed by atoms with Crippen LogP contribution in [0.3, 0.4) is 0 Å². The summed E-state index contributed by atoms with van der Waals surface area (Å²) in [6.45, 7) is 0. The molecule has 3 rings (SSSR count). The van der Waals surface area contributed by atoms with Gasteiger partial charge >= 0.3 is 5.97 Å². The molecule has 0 spiro atoms. The number of carboxylic acids is 1. The van der Waals surface area contributed by atoms with E-state index >= 15 is 0 Å². The van der Waals surface area contributed by atoms with E-state index in [2.05, 4.69) is 10.6 Å². The predicted molar refractivity (Wildman–Crippen MR) is 97.8 cm³/mol. The fourth-order valence-corrected chi connectivity index (χ4v) is 2.98. The van der Waals surface area contributed by atoms with Gasteiger partial charge in [0.15, 0.2) is 0 Å². The van der Waals surface area contributed by atoms with Crippen molar-refractivity contribution in [2.75, 3.05) is 10.6 Å². The zero-order valence-electron chi connectivity index (χ0n) is 13.7. The third-order valence-corrected chi connectivity index (χ3v) is 4.32. The fourth-order valence-electron chi connectivity index (χ4n) is 2.98. The third-order valence-electron chi connectivity index (χ3n) is 4.32. The van der Waals surface area contributed by atoms with Crippen molar-refractivity contribution in [1.82, 2.24) is 0 Å². The summed E-state index contributed by atoms with van der Waals surface area (Å²) >= 11 is 0. The fraction of sp³-hybridized carbons (Fsp3) is 0.200. The molecule has 1 amide bonds. The van der Waals surface area contributed by atoms with E-state index in [4.69, 9.17) is 0 Å². The van der Waals surface area contributed by atoms with Gasteiger partial charge in [0, 0.05) is 5.69 Å². The van der Waals surface area contributed by atoms with E-state index in [1.807, 2.05) is 60.7 Å². The smallest absolute Gasteiger partial charge is 0.307 e. The van der Waals surface area contributed by atoms with Crippen LogP contribution in [-0.4, -0.2) is 17.0 Å². The molecule has 0 aliphatic heterocycles. The number of rotatable bonds is 5. The lowest BCUT2D eigenvalue weighted by Gasteiger charge is -2.24. The molecule has 0 heterocycles. The molecule has 1 aliphatic rings. The first-order valence-electron chi connectivity index (χ1n) is 8.25. The molecule has 3 N–H and O–H groups in total. The molecule has 0 aromatic heterocycles. The topological polar surface area (TPSA) is 78.4 Å². The van der Waals surface area contributed by atoms with E-state index < -0.39 is 17.8 Å². The van der Waals surface area contributed by atoms with Crippen molar-refractivity contribution in [3.05, 3.63) is 66.7 Å². The van der Waals surface area contributed by atoms with Crippen LogP contribution in [-0.2, 0) is 9.59 Å². The van der Waals surface area contributed by atoms with Gasteiger partial charge in [-0.3, -0.25) is 9.59 Å². The molecule has 0 fully saturated rings. The van der Waals surface area contributed by atoms with Crippen LogP contribution in [0, 0.1) is 11.8 Å². The lowest BCUT2D eigenvalue weighted by Crippen LogP contribution is -2.34. The second-order valence-electron chi connectivity index (χ2n) is 6.02. The zero-order chi connectivity index (χ0) is 17.6. The maximum absolute atomic E-state index is 12.7. The van der Waals surface area contributed by atoms with Crippen molar-refractivity contribution < 1.29 is 14.7 Å². The highest BCUT2D eigenvalue weighted by molar-refractivity contribution is 5.98. The molecule has 0 saturated carbocycles. The Hall–Kier alpha value is -3.08. The highest BCUT2D eigenvalue weighted by atomic mass is 16.4. The minimum atomic E-state index is -0.930. The summed E-state index contributed by atoms with van der Waals surface area (Å²) < 4.78 is 0.